The number of nitrogens with two attached hydrogens (primary N) is 2. The van der Waals surface area contributed by atoms with Crippen molar-refractivity contribution < 1.29 is 45.1 Å². The quantitative estimate of drug-likeness (QED) is 0.380. The van der Waals surface area contributed by atoms with Gasteiger partial charge in [-0.1, -0.05) is 18.2 Å². The number of halogens is 7. The van der Waals surface area contributed by atoms with E-state index in [1.54, 1.807) is 6.07 Å². The van der Waals surface area contributed by atoms with Crippen molar-refractivity contribution in [3.05, 3.63) is 58.7 Å². The number of aryl methyl sites for hydroxylation is 2. The second-order valence-electron chi connectivity index (χ2n) is 8.51. The molecule has 0 aliphatic heterocycles. The summed E-state index contributed by atoms with van der Waals surface area (Å²) in [6.07, 6.45) is -13.0. The fraction of sp³-hybridized carbons (Fsp3) is 0.375. The Morgan fingerprint density at radius 1 is 0.842 bits per heavy atom. The molecule has 2 rings (SSSR count). The van der Waals surface area contributed by atoms with Crippen LogP contribution < -0.4 is 21.7 Å². The van der Waals surface area contributed by atoms with Gasteiger partial charge in [-0.05, 0) is 43.2 Å². The summed E-state index contributed by atoms with van der Waals surface area (Å²) >= 11 is 0. The van der Waals surface area contributed by atoms with Crippen molar-refractivity contribution >= 4 is 29.1 Å². The van der Waals surface area contributed by atoms with E-state index in [0.717, 1.165) is 18.7 Å². The van der Waals surface area contributed by atoms with Crippen LogP contribution >= 0.6 is 0 Å². The Labute approximate surface area is 213 Å². The second-order valence-corrected chi connectivity index (χ2v) is 8.51. The van der Waals surface area contributed by atoms with Gasteiger partial charge in [-0.25, -0.2) is 4.39 Å². The molecule has 0 unspecified atom stereocenters. The predicted molar refractivity (Wildman–Crippen MR) is 125 cm³/mol. The van der Waals surface area contributed by atoms with Gasteiger partial charge in [-0.2, -0.15) is 26.3 Å². The number of nitrogens with one attached hydrogen (secondary N) is 1. The van der Waals surface area contributed by atoms with E-state index < -0.39 is 41.3 Å². The third-order valence-electron chi connectivity index (χ3n) is 5.58. The molecule has 14 heteroatoms. The Bertz CT molecular complexity index is 1180. The number of hydrogen-bond acceptors (Lipinski definition) is 4. The number of rotatable bonds is 10. The molecule has 0 saturated heterocycles. The van der Waals surface area contributed by atoms with E-state index in [4.69, 9.17) is 11.5 Å². The van der Waals surface area contributed by atoms with E-state index in [0.29, 0.717) is 17.8 Å². The second kappa shape index (κ2) is 11.3. The van der Waals surface area contributed by atoms with Gasteiger partial charge in [0.05, 0.1) is 0 Å². The minimum Gasteiger partial charge on any atom is -0.385 e. The standard InChI is InChI=1S/C24H25F7N4O3/c1-13-10-16(22(25,23(26,27)28)24(29,30)31)11-14(2)20(13)35(9-7-19(33)37)21(38)15-4-3-5-17(12-15)34-8-6-18(32)36/h3-5,10-12,34H,6-9H2,1-2H3,(H2,32,36)(H2,33,37). The van der Waals surface area contributed by atoms with Crippen LogP contribution in [0.25, 0.3) is 0 Å². The molecule has 208 valence electrons. The lowest BCUT2D eigenvalue weighted by atomic mass is 9.90. The van der Waals surface area contributed by atoms with Crippen molar-refractivity contribution in [2.75, 3.05) is 23.3 Å². The zero-order valence-corrected chi connectivity index (χ0v) is 20.3. The number of primary amides is 2. The molecule has 0 heterocycles. The van der Waals surface area contributed by atoms with Gasteiger partial charge in [-0.3, -0.25) is 14.4 Å². The number of benzene rings is 2. The van der Waals surface area contributed by atoms with Gasteiger partial charge in [0.15, 0.2) is 0 Å². The molecule has 0 aliphatic carbocycles. The fourth-order valence-electron chi connectivity index (χ4n) is 3.85. The molecule has 0 aromatic heterocycles. The van der Waals surface area contributed by atoms with E-state index in [2.05, 4.69) is 5.32 Å². The summed E-state index contributed by atoms with van der Waals surface area (Å²) < 4.78 is 94.5. The molecule has 3 amide bonds. The average molecular weight is 550 g/mol. The van der Waals surface area contributed by atoms with Crippen LogP contribution in [0, 0.1) is 13.8 Å². The molecule has 0 atom stereocenters. The van der Waals surface area contributed by atoms with Crippen molar-refractivity contribution in [1.29, 1.82) is 0 Å². The van der Waals surface area contributed by atoms with E-state index in [-0.39, 0.29) is 48.3 Å². The van der Waals surface area contributed by atoms with E-state index in [9.17, 15) is 45.1 Å². The van der Waals surface area contributed by atoms with Crippen LogP contribution in [0.3, 0.4) is 0 Å². The number of carbonyl (C=O) groups excluding carboxylic acids is 3. The fourth-order valence-corrected chi connectivity index (χ4v) is 3.85. The van der Waals surface area contributed by atoms with Gasteiger partial charge in [0.1, 0.15) is 0 Å². The number of nitrogens with zero attached hydrogens (tertiary/aromatic N) is 1. The highest BCUT2D eigenvalue weighted by Gasteiger charge is 2.73. The van der Waals surface area contributed by atoms with Crippen molar-refractivity contribution in [2.45, 2.75) is 44.7 Å². The van der Waals surface area contributed by atoms with Gasteiger partial charge in [0, 0.05) is 48.4 Å². The maximum absolute atomic E-state index is 14.7. The minimum absolute atomic E-state index is 0.000434. The molecule has 0 fully saturated rings. The van der Waals surface area contributed by atoms with Crippen LogP contribution in [0.4, 0.5) is 42.1 Å². The number of amides is 3. The lowest BCUT2D eigenvalue weighted by Crippen LogP contribution is -2.50. The summed E-state index contributed by atoms with van der Waals surface area (Å²) in [6, 6.07) is 6.58. The Hall–Kier alpha value is -3.84. The highest BCUT2D eigenvalue weighted by atomic mass is 19.4. The van der Waals surface area contributed by atoms with Crippen molar-refractivity contribution in [2.24, 2.45) is 11.5 Å². The largest absolute Gasteiger partial charge is 0.435 e. The Kier molecular flexibility index (Phi) is 9.01. The topological polar surface area (TPSA) is 119 Å². The summed E-state index contributed by atoms with van der Waals surface area (Å²) in [5.41, 5.74) is 2.71. The maximum Gasteiger partial charge on any atom is 0.435 e. The smallest absolute Gasteiger partial charge is 0.385 e. The molecule has 5 N–H and O–H groups in total. The number of anilines is 2. The van der Waals surface area contributed by atoms with Crippen molar-refractivity contribution in [3.63, 3.8) is 0 Å². The molecule has 0 aliphatic rings. The zero-order chi connectivity index (χ0) is 29.1. The molecule has 2 aromatic rings. The first kappa shape index (κ1) is 30.4. The number of hydrogen-bond donors (Lipinski definition) is 3. The summed E-state index contributed by atoms with van der Waals surface area (Å²) in [7, 11) is 0. The number of alkyl halides is 7. The summed E-state index contributed by atoms with van der Waals surface area (Å²) in [5.74, 6) is -2.15. The molecule has 0 radical (unpaired) electrons. The summed E-state index contributed by atoms with van der Waals surface area (Å²) in [6.45, 7) is 2.02. The van der Waals surface area contributed by atoms with Crippen LogP contribution in [-0.4, -0.2) is 43.2 Å². The number of carbonyl (C=O) groups is 3. The van der Waals surface area contributed by atoms with Crippen molar-refractivity contribution in [3.8, 4) is 0 Å². The van der Waals surface area contributed by atoms with Gasteiger partial charge in [0.2, 0.25) is 11.8 Å². The zero-order valence-electron chi connectivity index (χ0n) is 20.3. The molecule has 0 bridgehead atoms. The first-order chi connectivity index (χ1) is 17.4. The monoisotopic (exact) mass is 550 g/mol. The Balaban J connectivity index is 2.59. The molecule has 2 aromatic carbocycles. The Morgan fingerprint density at radius 2 is 1.37 bits per heavy atom. The normalized spacial score (nSPS) is 12.2. The van der Waals surface area contributed by atoms with E-state index in [1.165, 1.54) is 18.2 Å². The van der Waals surface area contributed by atoms with Crippen LogP contribution in [0.15, 0.2) is 36.4 Å². The van der Waals surface area contributed by atoms with Crippen LogP contribution in [0.2, 0.25) is 0 Å². The summed E-state index contributed by atoms with van der Waals surface area (Å²) in [5, 5.41) is 2.87. The van der Waals surface area contributed by atoms with Crippen LogP contribution in [0.5, 0.6) is 0 Å². The molecular weight excluding hydrogens is 525 g/mol. The maximum atomic E-state index is 14.7. The summed E-state index contributed by atoms with van der Waals surface area (Å²) in [4.78, 5) is 36.8. The third kappa shape index (κ3) is 6.53. The predicted octanol–water partition coefficient (Wildman–Crippen LogP) is 4.40. The molecule has 0 saturated carbocycles. The van der Waals surface area contributed by atoms with Gasteiger partial charge < -0.3 is 21.7 Å². The third-order valence-corrected chi connectivity index (χ3v) is 5.58. The molecule has 38 heavy (non-hydrogen) atoms. The van der Waals surface area contributed by atoms with Gasteiger partial charge in [-0.15, -0.1) is 0 Å². The van der Waals surface area contributed by atoms with Crippen molar-refractivity contribution in [1.82, 2.24) is 0 Å². The average Bonchev–Trinajstić information content (AvgIpc) is 2.78. The van der Waals surface area contributed by atoms with Gasteiger partial charge in [0.25, 0.3) is 5.91 Å². The molecule has 7 nitrogen and oxygen atoms in total. The highest BCUT2D eigenvalue weighted by Crippen LogP contribution is 2.54. The Morgan fingerprint density at radius 3 is 1.84 bits per heavy atom. The van der Waals surface area contributed by atoms with Gasteiger partial charge >= 0.3 is 18.0 Å². The van der Waals surface area contributed by atoms with E-state index in [1.807, 2.05) is 0 Å². The van der Waals surface area contributed by atoms with Crippen LogP contribution in [0.1, 0.15) is 39.9 Å². The molecular formula is C24H25F7N4O3. The lowest BCUT2D eigenvalue weighted by molar-refractivity contribution is -0.348. The minimum atomic E-state index is -6.31. The first-order valence-corrected chi connectivity index (χ1v) is 11.1. The molecule has 0 spiro atoms. The lowest BCUT2D eigenvalue weighted by Gasteiger charge is -2.32. The van der Waals surface area contributed by atoms with Crippen LogP contribution in [-0.2, 0) is 15.3 Å². The first-order valence-electron chi connectivity index (χ1n) is 11.1. The SMILES string of the molecule is Cc1cc(C(F)(C(F)(F)F)C(F)(F)F)cc(C)c1N(CCC(N)=O)C(=O)c1cccc(NCCC(N)=O)c1. The highest BCUT2D eigenvalue weighted by molar-refractivity contribution is 6.07. The van der Waals surface area contributed by atoms with E-state index >= 15 is 0 Å².